The van der Waals surface area contributed by atoms with Crippen LogP contribution in [0.1, 0.15) is 29.7 Å². The van der Waals surface area contributed by atoms with Gasteiger partial charge in [0, 0.05) is 0 Å². The number of carbonyl (C=O) groups excluding carboxylic acids is 1. The topological polar surface area (TPSA) is 77.1 Å². The summed E-state index contributed by atoms with van der Waals surface area (Å²) in [6.45, 7) is 1.80. The van der Waals surface area contributed by atoms with Crippen LogP contribution in [0.3, 0.4) is 0 Å². The molecular formula is C18H12FN3O2. The van der Waals surface area contributed by atoms with Crippen LogP contribution in [0.15, 0.2) is 42.5 Å². The molecule has 1 amide bonds. The Balaban J connectivity index is 1.98. The molecule has 24 heavy (non-hydrogen) atoms. The van der Waals surface area contributed by atoms with Gasteiger partial charge in [-0.25, -0.2) is 9.18 Å². The average Bonchev–Trinajstić information content (AvgIpc) is 2.89. The van der Waals surface area contributed by atoms with Crippen molar-refractivity contribution < 1.29 is 13.9 Å². The Morgan fingerprint density at radius 3 is 2.21 bits per heavy atom. The molecule has 1 aliphatic heterocycles. The molecule has 0 aliphatic carbocycles. The van der Waals surface area contributed by atoms with E-state index in [0.29, 0.717) is 11.3 Å². The van der Waals surface area contributed by atoms with E-state index in [4.69, 9.17) is 15.3 Å². The smallest absolute Gasteiger partial charge is 0.415 e. The minimum atomic E-state index is -0.573. The fourth-order valence-corrected chi connectivity index (χ4v) is 2.78. The van der Waals surface area contributed by atoms with Gasteiger partial charge in [0.2, 0.25) is 0 Å². The van der Waals surface area contributed by atoms with E-state index in [0.717, 1.165) is 0 Å². The Morgan fingerprint density at radius 1 is 1.08 bits per heavy atom. The third kappa shape index (κ3) is 2.66. The number of benzene rings is 2. The second-order valence-electron chi connectivity index (χ2n) is 5.46. The van der Waals surface area contributed by atoms with Crippen LogP contribution in [0.5, 0.6) is 0 Å². The monoisotopic (exact) mass is 321 g/mol. The van der Waals surface area contributed by atoms with Crippen LogP contribution in [0.2, 0.25) is 0 Å². The van der Waals surface area contributed by atoms with Gasteiger partial charge in [-0.05, 0) is 42.8 Å². The molecular weight excluding hydrogens is 309 g/mol. The fourth-order valence-electron chi connectivity index (χ4n) is 2.78. The number of hydrogen-bond acceptors (Lipinski definition) is 4. The van der Waals surface area contributed by atoms with E-state index in [2.05, 4.69) is 0 Å². The standard InChI is InChI=1S/C18H12FN3O2/c1-11-17(14-2-4-15(19)5-3-14)24-18(23)22(11)16-7-12(9-20)6-13(8-16)10-21/h2-8,11,17H,1H3/t11-,17+/m1/s1. The first-order valence-electron chi connectivity index (χ1n) is 7.24. The summed E-state index contributed by atoms with van der Waals surface area (Å²) >= 11 is 0. The van der Waals surface area contributed by atoms with Crippen LogP contribution in [0, 0.1) is 28.5 Å². The van der Waals surface area contributed by atoms with Crippen molar-refractivity contribution in [2.75, 3.05) is 4.90 Å². The number of cyclic esters (lactones) is 1. The zero-order chi connectivity index (χ0) is 17.3. The molecule has 3 rings (SSSR count). The Bertz CT molecular complexity index is 848. The maximum atomic E-state index is 13.1. The number of ether oxygens (including phenoxy) is 1. The molecule has 0 N–H and O–H groups in total. The van der Waals surface area contributed by atoms with Gasteiger partial charge in [-0.2, -0.15) is 10.5 Å². The van der Waals surface area contributed by atoms with Crippen LogP contribution in [0.4, 0.5) is 14.9 Å². The molecule has 1 heterocycles. The normalized spacial score (nSPS) is 19.5. The Hall–Kier alpha value is -3.38. The molecule has 2 atom stereocenters. The van der Waals surface area contributed by atoms with Gasteiger partial charge in [0.1, 0.15) is 11.9 Å². The quantitative estimate of drug-likeness (QED) is 0.846. The highest BCUT2D eigenvalue weighted by Crippen LogP contribution is 2.36. The van der Waals surface area contributed by atoms with Crippen LogP contribution < -0.4 is 4.90 Å². The van der Waals surface area contributed by atoms with E-state index in [1.807, 2.05) is 12.1 Å². The SMILES string of the molecule is C[C@@H]1[C@@H](c2ccc(F)cc2)OC(=O)N1c1cc(C#N)cc(C#N)c1. The second kappa shape index (κ2) is 6.02. The summed E-state index contributed by atoms with van der Waals surface area (Å²) in [4.78, 5) is 13.7. The van der Waals surface area contributed by atoms with E-state index in [9.17, 15) is 9.18 Å². The van der Waals surface area contributed by atoms with Gasteiger partial charge in [0.25, 0.3) is 0 Å². The molecule has 1 aliphatic rings. The van der Waals surface area contributed by atoms with E-state index in [1.54, 1.807) is 19.1 Å². The number of rotatable bonds is 2. The number of halogens is 1. The lowest BCUT2D eigenvalue weighted by atomic mass is 10.0. The average molecular weight is 321 g/mol. The van der Waals surface area contributed by atoms with E-state index in [-0.39, 0.29) is 23.0 Å². The number of anilines is 1. The molecule has 0 radical (unpaired) electrons. The van der Waals surface area contributed by atoms with Gasteiger partial charge in [-0.15, -0.1) is 0 Å². The summed E-state index contributed by atoms with van der Waals surface area (Å²) in [5.41, 5.74) is 1.67. The van der Waals surface area contributed by atoms with Crippen molar-refractivity contribution >= 4 is 11.8 Å². The molecule has 0 aromatic heterocycles. The van der Waals surface area contributed by atoms with Gasteiger partial charge < -0.3 is 4.74 Å². The summed E-state index contributed by atoms with van der Waals surface area (Å²) in [5.74, 6) is -0.368. The third-order valence-corrected chi connectivity index (χ3v) is 3.92. The number of nitriles is 2. The highest BCUT2D eigenvalue weighted by atomic mass is 19.1. The van der Waals surface area contributed by atoms with E-state index in [1.165, 1.54) is 35.2 Å². The number of nitrogens with zero attached hydrogens (tertiary/aromatic N) is 3. The van der Waals surface area contributed by atoms with Crippen molar-refractivity contribution in [1.29, 1.82) is 10.5 Å². The van der Waals surface area contributed by atoms with E-state index < -0.39 is 12.2 Å². The van der Waals surface area contributed by atoms with Gasteiger partial charge in [0.05, 0.1) is 35.0 Å². The van der Waals surface area contributed by atoms with Crippen LogP contribution in [-0.4, -0.2) is 12.1 Å². The molecule has 1 saturated heterocycles. The molecule has 2 aromatic rings. The molecule has 118 valence electrons. The van der Waals surface area contributed by atoms with Crippen molar-refractivity contribution in [1.82, 2.24) is 0 Å². The zero-order valence-corrected chi connectivity index (χ0v) is 12.7. The molecule has 0 unspecified atom stereocenters. The lowest BCUT2D eigenvalue weighted by molar-refractivity contribution is 0.134. The van der Waals surface area contributed by atoms with Crippen molar-refractivity contribution in [3.8, 4) is 12.1 Å². The van der Waals surface area contributed by atoms with Gasteiger partial charge in [0.15, 0.2) is 0 Å². The van der Waals surface area contributed by atoms with Gasteiger partial charge >= 0.3 is 6.09 Å². The van der Waals surface area contributed by atoms with Crippen LogP contribution in [-0.2, 0) is 4.74 Å². The molecule has 6 heteroatoms. The molecule has 1 fully saturated rings. The zero-order valence-electron chi connectivity index (χ0n) is 12.7. The Kier molecular flexibility index (Phi) is 3.89. The van der Waals surface area contributed by atoms with Gasteiger partial charge in [-0.3, -0.25) is 4.90 Å². The Morgan fingerprint density at radius 2 is 1.67 bits per heavy atom. The van der Waals surface area contributed by atoms with Crippen molar-refractivity contribution in [3.05, 3.63) is 65.0 Å². The molecule has 5 nitrogen and oxygen atoms in total. The first kappa shape index (κ1) is 15.5. The molecule has 2 aromatic carbocycles. The summed E-state index contributed by atoms with van der Waals surface area (Å²) in [6.07, 6.45) is -1.13. The number of amides is 1. The van der Waals surface area contributed by atoms with Crippen LogP contribution >= 0.6 is 0 Å². The lowest BCUT2D eigenvalue weighted by Crippen LogP contribution is -2.31. The minimum Gasteiger partial charge on any atom is -0.439 e. The number of hydrogen-bond donors (Lipinski definition) is 0. The van der Waals surface area contributed by atoms with E-state index >= 15 is 0 Å². The van der Waals surface area contributed by atoms with Crippen molar-refractivity contribution in [3.63, 3.8) is 0 Å². The summed E-state index contributed by atoms with van der Waals surface area (Å²) in [7, 11) is 0. The predicted octanol–water partition coefficient (Wildman–Crippen LogP) is 3.66. The predicted molar refractivity (Wildman–Crippen MR) is 83.4 cm³/mol. The minimum absolute atomic E-state index is 0.286. The molecule has 0 spiro atoms. The maximum absolute atomic E-state index is 13.1. The Labute approximate surface area is 138 Å². The lowest BCUT2D eigenvalue weighted by Gasteiger charge is -2.21. The van der Waals surface area contributed by atoms with Crippen molar-refractivity contribution in [2.24, 2.45) is 0 Å². The first-order valence-corrected chi connectivity index (χ1v) is 7.24. The first-order chi connectivity index (χ1) is 11.5. The second-order valence-corrected chi connectivity index (χ2v) is 5.46. The largest absolute Gasteiger partial charge is 0.439 e. The summed E-state index contributed by atoms with van der Waals surface area (Å²) in [6, 6.07) is 13.8. The fraction of sp³-hybridized carbons (Fsp3) is 0.167. The summed E-state index contributed by atoms with van der Waals surface area (Å²) in [5, 5.41) is 18.2. The highest BCUT2D eigenvalue weighted by molar-refractivity contribution is 5.91. The third-order valence-electron chi connectivity index (χ3n) is 3.92. The number of carbonyl (C=O) groups is 1. The van der Waals surface area contributed by atoms with Crippen LogP contribution in [0.25, 0.3) is 0 Å². The van der Waals surface area contributed by atoms with Gasteiger partial charge in [-0.1, -0.05) is 12.1 Å². The highest BCUT2D eigenvalue weighted by Gasteiger charge is 2.40. The molecule has 0 saturated carbocycles. The maximum Gasteiger partial charge on any atom is 0.415 e. The van der Waals surface area contributed by atoms with Crippen molar-refractivity contribution in [2.45, 2.75) is 19.1 Å². The molecule has 0 bridgehead atoms. The summed E-state index contributed by atoms with van der Waals surface area (Å²) < 4.78 is 18.5.